The molecule has 0 N–H and O–H groups in total. The van der Waals surface area contributed by atoms with E-state index in [9.17, 15) is 0 Å². The summed E-state index contributed by atoms with van der Waals surface area (Å²) < 4.78 is 9.54. The summed E-state index contributed by atoms with van der Waals surface area (Å²) >= 11 is 1.82. The molecule has 138 valence electrons. The van der Waals surface area contributed by atoms with E-state index in [0.717, 1.165) is 22.4 Å². The zero-order valence-electron chi connectivity index (χ0n) is 15.7. The van der Waals surface area contributed by atoms with Crippen molar-refractivity contribution in [2.24, 2.45) is 0 Å². The first-order valence-corrected chi connectivity index (χ1v) is 10.6. The van der Waals surface area contributed by atoms with Crippen molar-refractivity contribution in [1.29, 1.82) is 0 Å². The summed E-state index contributed by atoms with van der Waals surface area (Å²) in [6, 6.07) is 34.0. The molecule has 0 amide bonds. The Bertz CT molecular complexity index is 1320. The average molecular weight is 391 g/mol. The standard InChI is InChI=1S/C27H18OS/c1-3-9-20(10-4-1)27(21-11-5-2-6-12-21)18-17-19-15-16-24-25(26(19)28-27)22-13-7-8-14-23(22)29-24/h1-18H. The van der Waals surface area contributed by atoms with Crippen LogP contribution >= 0.6 is 11.3 Å². The predicted octanol–water partition coefficient (Wildman–Crippen LogP) is 7.40. The molecule has 0 bridgehead atoms. The van der Waals surface area contributed by atoms with E-state index in [1.54, 1.807) is 0 Å². The molecule has 0 radical (unpaired) electrons. The maximum atomic E-state index is 6.99. The molecule has 1 nitrogen and oxygen atoms in total. The summed E-state index contributed by atoms with van der Waals surface area (Å²) in [6.45, 7) is 0. The molecule has 2 heteroatoms. The molecule has 0 fully saturated rings. The highest BCUT2D eigenvalue weighted by Gasteiger charge is 2.37. The third-order valence-electron chi connectivity index (χ3n) is 5.69. The van der Waals surface area contributed by atoms with Gasteiger partial charge in [0.15, 0.2) is 5.60 Å². The fourth-order valence-corrected chi connectivity index (χ4v) is 5.40. The summed E-state index contributed by atoms with van der Waals surface area (Å²) in [7, 11) is 0. The second-order valence-electron chi connectivity index (χ2n) is 7.36. The summed E-state index contributed by atoms with van der Waals surface area (Å²) in [4.78, 5) is 0. The van der Waals surface area contributed by atoms with E-state index in [1.807, 2.05) is 23.5 Å². The molecule has 0 unspecified atom stereocenters. The van der Waals surface area contributed by atoms with E-state index in [0.29, 0.717) is 0 Å². The molecule has 5 aromatic rings. The van der Waals surface area contributed by atoms with Crippen molar-refractivity contribution in [2.45, 2.75) is 5.60 Å². The van der Waals surface area contributed by atoms with Gasteiger partial charge in [0.05, 0.1) is 0 Å². The monoisotopic (exact) mass is 390 g/mol. The van der Waals surface area contributed by atoms with E-state index in [1.165, 1.54) is 20.2 Å². The summed E-state index contributed by atoms with van der Waals surface area (Å²) in [5.41, 5.74) is 2.74. The van der Waals surface area contributed by atoms with Crippen LogP contribution in [0.3, 0.4) is 0 Å². The summed E-state index contributed by atoms with van der Waals surface area (Å²) in [6.07, 6.45) is 4.41. The van der Waals surface area contributed by atoms with Crippen LogP contribution in [-0.4, -0.2) is 0 Å². The first-order valence-electron chi connectivity index (χ1n) is 9.79. The minimum absolute atomic E-state index is 0.646. The van der Waals surface area contributed by atoms with Gasteiger partial charge in [-0.05, 0) is 24.3 Å². The molecule has 0 aliphatic carbocycles. The van der Waals surface area contributed by atoms with Crippen molar-refractivity contribution in [3.63, 3.8) is 0 Å². The Morgan fingerprint density at radius 3 is 2.00 bits per heavy atom. The summed E-state index contributed by atoms with van der Waals surface area (Å²) in [5.74, 6) is 0.968. The van der Waals surface area contributed by atoms with E-state index in [4.69, 9.17) is 4.74 Å². The molecule has 2 heterocycles. The fourth-order valence-electron chi connectivity index (χ4n) is 4.29. The van der Waals surface area contributed by atoms with Crippen molar-refractivity contribution >= 4 is 37.6 Å². The molecule has 29 heavy (non-hydrogen) atoms. The lowest BCUT2D eigenvalue weighted by molar-refractivity contribution is 0.164. The Kier molecular flexibility index (Phi) is 3.62. The lowest BCUT2D eigenvalue weighted by atomic mass is 9.83. The summed E-state index contributed by atoms with van der Waals surface area (Å²) in [5, 5.41) is 2.47. The number of ether oxygens (including phenoxy) is 1. The van der Waals surface area contributed by atoms with Crippen LogP contribution in [0.1, 0.15) is 16.7 Å². The Labute approximate surface area is 173 Å². The van der Waals surface area contributed by atoms with E-state index in [2.05, 4.69) is 97.1 Å². The van der Waals surface area contributed by atoms with Crippen molar-refractivity contribution in [3.05, 3.63) is 120 Å². The first-order chi connectivity index (χ1) is 14.4. The molecule has 0 atom stereocenters. The van der Waals surface area contributed by atoms with Gasteiger partial charge in [0, 0.05) is 36.9 Å². The van der Waals surface area contributed by atoms with E-state index >= 15 is 0 Å². The fraction of sp³-hybridized carbons (Fsp3) is 0.0370. The van der Waals surface area contributed by atoms with Crippen LogP contribution in [0.5, 0.6) is 5.75 Å². The molecule has 0 spiro atoms. The number of fused-ring (bicyclic) bond motifs is 5. The van der Waals surface area contributed by atoms with Crippen LogP contribution in [0.15, 0.2) is 103 Å². The van der Waals surface area contributed by atoms with Crippen molar-refractivity contribution in [2.75, 3.05) is 0 Å². The van der Waals surface area contributed by atoms with Crippen molar-refractivity contribution in [3.8, 4) is 5.75 Å². The molecule has 4 aromatic carbocycles. The lowest BCUT2D eigenvalue weighted by Crippen LogP contribution is -2.34. The van der Waals surface area contributed by atoms with Crippen LogP contribution < -0.4 is 4.74 Å². The van der Waals surface area contributed by atoms with Crippen LogP contribution in [0.2, 0.25) is 0 Å². The molecular formula is C27H18OS. The normalized spacial score (nSPS) is 14.6. The Balaban J connectivity index is 1.66. The Morgan fingerprint density at radius 2 is 1.28 bits per heavy atom. The Hall–Kier alpha value is -3.36. The van der Waals surface area contributed by atoms with Gasteiger partial charge < -0.3 is 4.74 Å². The second kappa shape index (κ2) is 6.33. The largest absolute Gasteiger partial charge is 0.472 e. The molecule has 1 aromatic heterocycles. The van der Waals surface area contributed by atoms with Crippen LogP contribution in [-0.2, 0) is 5.60 Å². The molecule has 0 saturated carbocycles. The Morgan fingerprint density at radius 1 is 0.621 bits per heavy atom. The van der Waals surface area contributed by atoms with Crippen molar-refractivity contribution in [1.82, 2.24) is 0 Å². The highest BCUT2D eigenvalue weighted by molar-refractivity contribution is 7.25. The smallest absolute Gasteiger partial charge is 0.178 e. The van der Waals surface area contributed by atoms with Crippen LogP contribution in [0.25, 0.3) is 26.2 Å². The first kappa shape index (κ1) is 16.6. The van der Waals surface area contributed by atoms with Gasteiger partial charge in [-0.15, -0.1) is 11.3 Å². The van der Waals surface area contributed by atoms with Gasteiger partial charge in [-0.1, -0.05) is 84.9 Å². The van der Waals surface area contributed by atoms with Gasteiger partial charge in [-0.25, -0.2) is 0 Å². The highest BCUT2D eigenvalue weighted by Crippen LogP contribution is 2.48. The van der Waals surface area contributed by atoms with Gasteiger partial charge >= 0.3 is 0 Å². The minimum Gasteiger partial charge on any atom is -0.472 e. The number of benzene rings is 4. The van der Waals surface area contributed by atoms with Gasteiger partial charge in [0.1, 0.15) is 5.75 Å². The lowest BCUT2D eigenvalue weighted by Gasteiger charge is -2.36. The third-order valence-corrected chi connectivity index (χ3v) is 6.83. The number of thiophene rings is 1. The molecule has 6 rings (SSSR count). The zero-order chi connectivity index (χ0) is 19.3. The third kappa shape index (κ3) is 2.46. The SMILES string of the molecule is C1=CC(c2ccccc2)(c2ccccc2)Oc2c1ccc1sc3ccccc3c21. The average Bonchev–Trinajstić information content (AvgIpc) is 3.19. The maximum Gasteiger partial charge on any atom is 0.178 e. The zero-order valence-corrected chi connectivity index (χ0v) is 16.5. The van der Waals surface area contributed by atoms with E-state index < -0.39 is 5.60 Å². The van der Waals surface area contributed by atoms with Gasteiger partial charge in [-0.2, -0.15) is 0 Å². The van der Waals surface area contributed by atoms with E-state index in [-0.39, 0.29) is 0 Å². The minimum atomic E-state index is -0.646. The quantitative estimate of drug-likeness (QED) is 0.305. The number of rotatable bonds is 2. The predicted molar refractivity (Wildman–Crippen MR) is 123 cm³/mol. The molecule has 1 aliphatic heterocycles. The highest BCUT2D eigenvalue weighted by atomic mass is 32.1. The molecular weight excluding hydrogens is 372 g/mol. The second-order valence-corrected chi connectivity index (χ2v) is 8.44. The number of hydrogen-bond donors (Lipinski definition) is 0. The van der Waals surface area contributed by atoms with Gasteiger partial charge in [-0.3, -0.25) is 0 Å². The van der Waals surface area contributed by atoms with Crippen LogP contribution in [0, 0.1) is 0 Å². The van der Waals surface area contributed by atoms with Gasteiger partial charge in [0.2, 0.25) is 0 Å². The topological polar surface area (TPSA) is 9.23 Å². The maximum absolute atomic E-state index is 6.99. The van der Waals surface area contributed by atoms with Gasteiger partial charge in [0.25, 0.3) is 0 Å². The van der Waals surface area contributed by atoms with Crippen LogP contribution in [0.4, 0.5) is 0 Å². The number of hydrogen-bond acceptors (Lipinski definition) is 2. The molecule has 0 saturated heterocycles. The van der Waals surface area contributed by atoms with Crippen molar-refractivity contribution < 1.29 is 4.74 Å². The molecule has 1 aliphatic rings.